The number of ether oxygens (including phenoxy) is 1. The Morgan fingerprint density at radius 2 is 1.67 bits per heavy atom. The fraction of sp³-hybridized carbons (Fsp3) is 0.737. The molecule has 0 aliphatic rings. The zero-order valence-electron chi connectivity index (χ0n) is 16.9. The molecule has 24 heavy (non-hydrogen) atoms. The van der Waals surface area contributed by atoms with Crippen molar-refractivity contribution in [2.24, 2.45) is 0 Å². The lowest BCUT2D eigenvalue weighted by Gasteiger charge is -2.39. The number of carbonyl (C=O) groups is 1. The van der Waals surface area contributed by atoms with Crippen LogP contribution in [0.15, 0.2) is 25.3 Å². The van der Waals surface area contributed by atoms with Gasteiger partial charge in [-0.15, -0.1) is 13.2 Å². The summed E-state index contributed by atoms with van der Waals surface area (Å²) in [6.45, 7) is 25.1. The molecule has 0 radical (unpaired) electrons. The Balaban J connectivity index is 5.23. The van der Waals surface area contributed by atoms with Crippen LogP contribution in [-0.2, 0) is 9.16 Å². The van der Waals surface area contributed by atoms with E-state index >= 15 is 0 Å². The van der Waals surface area contributed by atoms with E-state index in [1.54, 1.807) is 11.0 Å². The Hall–Kier alpha value is -1.07. The first-order valence-electron chi connectivity index (χ1n) is 8.60. The third kappa shape index (κ3) is 7.66. The molecule has 0 rings (SSSR count). The lowest BCUT2D eigenvalue weighted by Crippen LogP contribution is -2.49. The number of nitrogens with zero attached hydrogens (tertiary/aromatic N) is 1. The highest BCUT2D eigenvalue weighted by Gasteiger charge is 2.38. The number of hydrogen-bond acceptors (Lipinski definition) is 3. The van der Waals surface area contributed by atoms with Crippen LogP contribution < -0.4 is 0 Å². The molecule has 1 atom stereocenters. The summed E-state index contributed by atoms with van der Waals surface area (Å²) in [5.74, 6) is 0. The minimum Gasteiger partial charge on any atom is -0.444 e. The summed E-state index contributed by atoms with van der Waals surface area (Å²) >= 11 is 0. The Morgan fingerprint density at radius 1 is 1.12 bits per heavy atom. The highest BCUT2D eigenvalue weighted by Crippen LogP contribution is 2.36. The molecule has 5 heteroatoms. The summed E-state index contributed by atoms with van der Waals surface area (Å²) in [6.07, 6.45) is 3.85. The van der Waals surface area contributed by atoms with Crippen LogP contribution >= 0.6 is 0 Å². The van der Waals surface area contributed by atoms with Gasteiger partial charge in [0.05, 0.1) is 12.6 Å². The summed E-state index contributed by atoms with van der Waals surface area (Å²) in [7, 11) is -1.89. The van der Waals surface area contributed by atoms with Gasteiger partial charge in [-0.05, 0) is 45.3 Å². The van der Waals surface area contributed by atoms with Crippen LogP contribution in [0.5, 0.6) is 0 Å². The van der Waals surface area contributed by atoms with E-state index in [0.717, 1.165) is 0 Å². The largest absolute Gasteiger partial charge is 0.444 e. The van der Waals surface area contributed by atoms with Gasteiger partial charge in [0.15, 0.2) is 8.32 Å². The summed E-state index contributed by atoms with van der Waals surface area (Å²) < 4.78 is 11.9. The Labute approximate surface area is 150 Å². The lowest BCUT2D eigenvalue weighted by atomic mass is 10.2. The average Bonchev–Trinajstić information content (AvgIpc) is 2.37. The molecule has 0 heterocycles. The first-order valence-corrected chi connectivity index (χ1v) is 11.5. The van der Waals surface area contributed by atoms with Gasteiger partial charge >= 0.3 is 6.09 Å². The average molecular weight is 356 g/mol. The minimum atomic E-state index is -1.89. The van der Waals surface area contributed by atoms with Gasteiger partial charge in [0.1, 0.15) is 5.60 Å². The van der Waals surface area contributed by atoms with Crippen LogP contribution in [0.2, 0.25) is 18.1 Å². The van der Waals surface area contributed by atoms with Gasteiger partial charge in [0, 0.05) is 6.54 Å². The predicted molar refractivity (Wildman–Crippen MR) is 105 cm³/mol. The topological polar surface area (TPSA) is 38.8 Å². The van der Waals surface area contributed by atoms with Crippen LogP contribution in [-0.4, -0.2) is 44.1 Å². The third-order valence-electron chi connectivity index (χ3n) is 4.28. The molecule has 0 N–H and O–H groups in total. The summed E-state index contributed by atoms with van der Waals surface area (Å²) in [6, 6.07) is -0.107. The fourth-order valence-electron chi connectivity index (χ4n) is 1.83. The van der Waals surface area contributed by atoms with Gasteiger partial charge in [0.25, 0.3) is 0 Å². The lowest BCUT2D eigenvalue weighted by molar-refractivity contribution is 0.0134. The Morgan fingerprint density at radius 3 is 2.04 bits per heavy atom. The van der Waals surface area contributed by atoms with Crippen molar-refractivity contribution in [2.45, 2.75) is 77.7 Å². The van der Waals surface area contributed by atoms with Crippen LogP contribution in [0.4, 0.5) is 4.79 Å². The van der Waals surface area contributed by atoms with Crippen LogP contribution in [0.25, 0.3) is 0 Å². The number of carbonyl (C=O) groups excluding carboxylic acids is 1. The van der Waals surface area contributed by atoms with Crippen LogP contribution in [0.3, 0.4) is 0 Å². The van der Waals surface area contributed by atoms with E-state index in [4.69, 9.17) is 9.16 Å². The van der Waals surface area contributed by atoms with E-state index in [9.17, 15) is 4.79 Å². The molecule has 0 saturated heterocycles. The van der Waals surface area contributed by atoms with Crippen molar-refractivity contribution in [2.75, 3.05) is 13.2 Å². The zero-order chi connectivity index (χ0) is 19.2. The fourth-order valence-corrected chi connectivity index (χ4v) is 2.87. The van der Waals surface area contributed by atoms with E-state index < -0.39 is 13.9 Å². The molecule has 4 nitrogen and oxygen atoms in total. The smallest absolute Gasteiger partial charge is 0.410 e. The molecular weight excluding hydrogens is 318 g/mol. The first kappa shape index (κ1) is 22.9. The van der Waals surface area contributed by atoms with Crippen molar-refractivity contribution >= 4 is 14.4 Å². The molecule has 0 aromatic carbocycles. The van der Waals surface area contributed by atoms with E-state index in [1.807, 2.05) is 26.8 Å². The zero-order valence-corrected chi connectivity index (χ0v) is 17.9. The maximum atomic E-state index is 12.6. The highest BCUT2D eigenvalue weighted by atomic mass is 28.4. The van der Waals surface area contributed by atoms with E-state index in [-0.39, 0.29) is 17.2 Å². The molecule has 0 bridgehead atoms. The normalized spacial score (nSPS) is 14.0. The van der Waals surface area contributed by atoms with Gasteiger partial charge in [0.2, 0.25) is 0 Å². The highest BCUT2D eigenvalue weighted by molar-refractivity contribution is 6.74. The van der Waals surface area contributed by atoms with Crippen molar-refractivity contribution < 1.29 is 14.0 Å². The predicted octanol–water partition coefficient (Wildman–Crippen LogP) is 5.38. The van der Waals surface area contributed by atoms with E-state index in [2.05, 4.69) is 47.0 Å². The molecular formula is C19H37NO3Si. The molecule has 0 fully saturated rings. The quantitative estimate of drug-likeness (QED) is 0.433. The van der Waals surface area contributed by atoms with Gasteiger partial charge in [-0.1, -0.05) is 32.9 Å². The molecule has 0 aliphatic carbocycles. The van der Waals surface area contributed by atoms with Crippen LogP contribution in [0.1, 0.15) is 48.0 Å². The van der Waals surface area contributed by atoms with Crippen LogP contribution in [0, 0.1) is 0 Å². The van der Waals surface area contributed by atoms with Crippen molar-refractivity contribution in [3.63, 3.8) is 0 Å². The summed E-state index contributed by atoms with van der Waals surface area (Å²) in [5, 5.41) is 0.126. The second-order valence-corrected chi connectivity index (χ2v) is 13.5. The molecule has 0 unspecified atom stereocenters. The van der Waals surface area contributed by atoms with Crippen molar-refractivity contribution in [1.29, 1.82) is 0 Å². The number of hydrogen-bond donors (Lipinski definition) is 0. The molecule has 140 valence electrons. The third-order valence-corrected chi connectivity index (χ3v) is 8.78. The first-order chi connectivity index (χ1) is 10.7. The van der Waals surface area contributed by atoms with Crippen molar-refractivity contribution in [3.8, 4) is 0 Å². The number of amides is 1. The number of rotatable bonds is 8. The second-order valence-electron chi connectivity index (χ2n) is 8.67. The minimum absolute atomic E-state index is 0.107. The molecule has 0 spiro atoms. The van der Waals surface area contributed by atoms with E-state index in [0.29, 0.717) is 19.6 Å². The molecule has 0 aromatic rings. The molecule has 1 amide bonds. The maximum Gasteiger partial charge on any atom is 0.410 e. The van der Waals surface area contributed by atoms with Gasteiger partial charge in [-0.25, -0.2) is 4.79 Å². The standard InChI is InChI=1S/C19H37NO3Si/c1-11-13-16(15-22-24(9,10)19(6,7)8)20(14-12-2)17(21)23-18(3,4)5/h11-12,16H,1-2,13-15H2,3-10H3/t16-/m0/s1. The molecule has 0 aromatic heterocycles. The second kappa shape index (κ2) is 8.86. The van der Waals surface area contributed by atoms with Gasteiger partial charge in [-0.3, -0.25) is 4.90 Å². The monoisotopic (exact) mass is 355 g/mol. The van der Waals surface area contributed by atoms with E-state index in [1.165, 1.54) is 0 Å². The Kier molecular flexibility index (Phi) is 8.46. The van der Waals surface area contributed by atoms with Gasteiger partial charge in [-0.2, -0.15) is 0 Å². The molecule has 0 saturated carbocycles. The summed E-state index contributed by atoms with van der Waals surface area (Å²) in [4.78, 5) is 14.3. The molecule has 0 aliphatic heterocycles. The maximum absolute atomic E-state index is 12.6. The van der Waals surface area contributed by atoms with Crippen molar-refractivity contribution in [1.82, 2.24) is 4.90 Å². The summed E-state index contributed by atoms with van der Waals surface area (Å²) in [5.41, 5.74) is -0.532. The SMILES string of the molecule is C=CC[C@@H](CO[Si](C)(C)C(C)(C)C)N(CC=C)C(=O)OC(C)(C)C. The Bertz CT molecular complexity index is 433. The van der Waals surface area contributed by atoms with Crippen molar-refractivity contribution in [3.05, 3.63) is 25.3 Å². The van der Waals surface area contributed by atoms with Gasteiger partial charge < -0.3 is 9.16 Å².